The molecule has 0 atom stereocenters. The number of hydrogen-bond donors (Lipinski definition) is 0. The fourth-order valence-electron chi connectivity index (χ4n) is 2.92. The van der Waals surface area contributed by atoms with Crippen LogP contribution in [-0.2, 0) is 9.78 Å². The second-order valence-electron chi connectivity index (χ2n) is 6.61. The monoisotopic (exact) mass is 343 g/mol. The Bertz CT molecular complexity index is 563. The molecule has 1 radical (unpaired) electrons. The Morgan fingerprint density at radius 2 is 1.79 bits per heavy atom. The van der Waals surface area contributed by atoms with Crippen molar-refractivity contribution in [2.75, 3.05) is 0 Å². The minimum atomic E-state index is -1.85. The third-order valence-corrected chi connectivity index (χ3v) is 8.34. The maximum absolute atomic E-state index is 12.1. The normalized spacial score (nSPS) is 16.6. The van der Waals surface area contributed by atoms with E-state index in [9.17, 15) is 4.79 Å². The number of carbonyl (C=O) groups is 1. The van der Waals surface area contributed by atoms with Gasteiger partial charge >= 0.3 is 5.97 Å². The number of carbonyl (C=O) groups excluding carboxylic acids is 1. The van der Waals surface area contributed by atoms with Gasteiger partial charge in [-0.2, -0.15) is 4.89 Å². The molecule has 3 nitrogen and oxygen atoms in total. The van der Waals surface area contributed by atoms with E-state index in [4.69, 9.17) is 9.78 Å². The van der Waals surface area contributed by atoms with Gasteiger partial charge in [0.15, 0.2) is 0 Å². The molecule has 24 heavy (non-hydrogen) atoms. The first-order valence-corrected chi connectivity index (χ1v) is 11.3. The van der Waals surface area contributed by atoms with Crippen molar-refractivity contribution >= 4 is 19.2 Å². The standard InChI is InChI=1S/C20H27O3Si/c1-5-16-8-12-18(13-9-16)22-23-20(21)17-10-14-19(15-11-17)24(4,6-2)7-3/h6-7,10-11,14-16H,2-3,5,8-9,12-13H2,1,4H3. The Morgan fingerprint density at radius 1 is 1.21 bits per heavy atom. The molecule has 0 aromatic heterocycles. The molecule has 129 valence electrons. The van der Waals surface area contributed by atoms with E-state index in [1.54, 1.807) is 12.1 Å². The van der Waals surface area contributed by atoms with E-state index < -0.39 is 14.0 Å². The van der Waals surface area contributed by atoms with Crippen molar-refractivity contribution in [3.8, 4) is 0 Å². The molecule has 1 saturated carbocycles. The van der Waals surface area contributed by atoms with Gasteiger partial charge in [0, 0.05) is 0 Å². The zero-order valence-electron chi connectivity index (χ0n) is 14.7. The minimum absolute atomic E-state index is 0.452. The lowest BCUT2D eigenvalue weighted by molar-refractivity contribution is -0.240. The highest BCUT2D eigenvalue weighted by molar-refractivity contribution is 6.98. The molecule has 1 aliphatic carbocycles. The molecule has 0 N–H and O–H groups in total. The predicted octanol–water partition coefficient (Wildman–Crippen LogP) is 4.64. The van der Waals surface area contributed by atoms with Gasteiger partial charge < -0.3 is 0 Å². The number of rotatable bonds is 7. The maximum Gasteiger partial charge on any atom is 0.373 e. The molecule has 0 spiro atoms. The van der Waals surface area contributed by atoms with Crippen LogP contribution in [0, 0.1) is 12.0 Å². The summed E-state index contributed by atoms with van der Waals surface area (Å²) in [5.74, 6) is 0.320. The second kappa shape index (κ2) is 8.45. The van der Waals surface area contributed by atoms with E-state index in [-0.39, 0.29) is 0 Å². The van der Waals surface area contributed by atoms with Crippen LogP contribution in [0.3, 0.4) is 0 Å². The van der Waals surface area contributed by atoms with Crippen LogP contribution >= 0.6 is 0 Å². The first kappa shape index (κ1) is 18.7. The quantitative estimate of drug-likeness (QED) is 0.411. The Labute approximate surface area is 146 Å². The number of hydrogen-bond acceptors (Lipinski definition) is 3. The van der Waals surface area contributed by atoms with E-state index in [1.807, 2.05) is 23.5 Å². The molecule has 2 rings (SSSR count). The lowest BCUT2D eigenvalue weighted by atomic mass is 9.86. The van der Waals surface area contributed by atoms with Crippen LogP contribution < -0.4 is 5.19 Å². The second-order valence-corrected chi connectivity index (χ2v) is 10.6. The topological polar surface area (TPSA) is 35.5 Å². The first-order valence-electron chi connectivity index (χ1n) is 8.63. The van der Waals surface area contributed by atoms with Crippen molar-refractivity contribution < 1.29 is 14.6 Å². The SMILES string of the molecule is C=C[Si](C)(C=C)c1ccc(C(=O)OO[C]2CCC(CC)CC2)cc1. The summed E-state index contributed by atoms with van der Waals surface area (Å²) in [6, 6.07) is 7.45. The zero-order chi connectivity index (χ0) is 17.6. The van der Waals surface area contributed by atoms with Crippen molar-refractivity contribution in [3.05, 3.63) is 60.5 Å². The van der Waals surface area contributed by atoms with Gasteiger partial charge in [-0.15, -0.1) is 13.2 Å². The van der Waals surface area contributed by atoms with E-state index in [2.05, 4.69) is 26.6 Å². The molecule has 1 aliphatic rings. The minimum Gasteiger partial charge on any atom is -0.292 e. The lowest BCUT2D eigenvalue weighted by Gasteiger charge is -2.25. The molecule has 1 fully saturated rings. The summed E-state index contributed by atoms with van der Waals surface area (Å²) in [7, 11) is -1.85. The highest BCUT2D eigenvalue weighted by atomic mass is 28.3. The van der Waals surface area contributed by atoms with Gasteiger partial charge in [-0.25, -0.2) is 4.79 Å². The summed E-state index contributed by atoms with van der Waals surface area (Å²) >= 11 is 0. The molecule has 0 heterocycles. The summed E-state index contributed by atoms with van der Waals surface area (Å²) in [6.07, 6.45) is 6.08. The van der Waals surface area contributed by atoms with E-state index in [1.165, 1.54) is 6.42 Å². The zero-order valence-corrected chi connectivity index (χ0v) is 15.7. The molecule has 0 bridgehead atoms. The van der Waals surface area contributed by atoms with Crippen LogP contribution in [0.4, 0.5) is 0 Å². The Hall–Kier alpha value is -1.65. The Kier molecular flexibility index (Phi) is 6.57. The average Bonchev–Trinajstić information content (AvgIpc) is 2.66. The summed E-state index contributed by atoms with van der Waals surface area (Å²) < 4.78 is 0. The van der Waals surface area contributed by atoms with Crippen molar-refractivity contribution in [2.45, 2.75) is 45.6 Å². The van der Waals surface area contributed by atoms with Crippen molar-refractivity contribution in [1.29, 1.82) is 0 Å². The molecular formula is C20H27O3Si. The van der Waals surface area contributed by atoms with Gasteiger partial charge in [0.1, 0.15) is 14.2 Å². The molecule has 0 unspecified atom stereocenters. The highest BCUT2D eigenvalue weighted by Crippen LogP contribution is 2.32. The number of benzene rings is 1. The van der Waals surface area contributed by atoms with Gasteiger partial charge in [0.2, 0.25) is 0 Å². The third-order valence-electron chi connectivity index (χ3n) is 5.07. The van der Waals surface area contributed by atoms with Crippen LogP contribution in [0.25, 0.3) is 0 Å². The first-order chi connectivity index (χ1) is 11.5. The summed E-state index contributed by atoms with van der Waals surface area (Å²) in [4.78, 5) is 22.4. The van der Waals surface area contributed by atoms with Gasteiger partial charge in [0.05, 0.1) is 5.56 Å². The Morgan fingerprint density at radius 3 is 2.29 bits per heavy atom. The van der Waals surface area contributed by atoms with Gasteiger partial charge in [-0.3, -0.25) is 4.89 Å². The van der Waals surface area contributed by atoms with Crippen LogP contribution in [0.2, 0.25) is 6.55 Å². The molecule has 1 aromatic rings. The van der Waals surface area contributed by atoms with E-state index in [0.717, 1.165) is 42.9 Å². The molecule has 1 aromatic carbocycles. The van der Waals surface area contributed by atoms with Crippen LogP contribution in [0.15, 0.2) is 48.8 Å². The van der Waals surface area contributed by atoms with Gasteiger partial charge in [0.25, 0.3) is 0 Å². The third kappa shape index (κ3) is 4.45. The summed E-state index contributed by atoms with van der Waals surface area (Å²) in [5, 5.41) is 1.16. The average molecular weight is 344 g/mol. The van der Waals surface area contributed by atoms with Crippen LogP contribution in [-0.4, -0.2) is 14.0 Å². The molecule has 4 heteroatoms. The van der Waals surface area contributed by atoms with E-state index in [0.29, 0.717) is 5.56 Å². The summed E-state index contributed by atoms with van der Waals surface area (Å²) in [6.45, 7) is 12.2. The largest absolute Gasteiger partial charge is 0.373 e. The fourth-order valence-corrected chi connectivity index (χ4v) is 4.44. The predicted molar refractivity (Wildman–Crippen MR) is 100 cm³/mol. The molecule has 0 amide bonds. The molecule has 0 aliphatic heterocycles. The summed E-state index contributed by atoms with van der Waals surface area (Å²) in [5.41, 5.74) is 4.44. The fraction of sp³-hybridized carbons (Fsp3) is 0.400. The van der Waals surface area contributed by atoms with Crippen molar-refractivity contribution in [3.63, 3.8) is 0 Å². The maximum atomic E-state index is 12.1. The van der Waals surface area contributed by atoms with Gasteiger partial charge in [-0.05, 0) is 43.7 Å². The Balaban J connectivity index is 1.89. The van der Waals surface area contributed by atoms with Crippen LogP contribution in [0.1, 0.15) is 49.4 Å². The van der Waals surface area contributed by atoms with Crippen LogP contribution in [0.5, 0.6) is 0 Å². The van der Waals surface area contributed by atoms with Crippen molar-refractivity contribution in [1.82, 2.24) is 0 Å². The van der Waals surface area contributed by atoms with Crippen molar-refractivity contribution in [2.24, 2.45) is 5.92 Å². The molecule has 0 saturated heterocycles. The molecular weight excluding hydrogens is 316 g/mol. The highest BCUT2D eigenvalue weighted by Gasteiger charge is 2.25. The smallest absolute Gasteiger partial charge is 0.292 e. The van der Waals surface area contributed by atoms with Gasteiger partial charge in [-0.1, -0.05) is 48.6 Å². The van der Waals surface area contributed by atoms with E-state index >= 15 is 0 Å². The lowest BCUT2D eigenvalue weighted by Crippen LogP contribution is -2.40.